The Hall–Kier alpha value is -5.23. The van der Waals surface area contributed by atoms with Gasteiger partial charge in [0, 0.05) is 85.7 Å². The zero-order valence-corrected chi connectivity index (χ0v) is 39.6. The van der Waals surface area contributed by atoms with E-state index in [2.05, 4.69) is 5.32 Å². The second kappa shape index (κ2) is 20.1. The van der Waals surface area contributed by atoms with Crippen molar-refractivity contribution in [2.24, 2.45) is 39.6 Å². The molecule has 3 aliphatic rings. The number of amides is 2. The van der Waals surface area contributed by atoms with E-state index in [0.29, 0.717) is 18.4 Å². The largest absolute Gasteiger partial charge is 0.516 e. The first-order chi connectivity index (χ1) is 30.4. The molecule has 358 valence electrons. The fourth-order valence-corrected chi connectivity index (χ4v) is 9.01. The van der Waals surface area contributed by atoms with Gasteiger partial charge in [-0.2, -0.15) is 0 Å². The fraction of sp³-hybridized carbons (Fsp3) is 0.604. The van der Waals surface area contributed by atoms with Crippen LogP contribution in [0.5, 0.6) is 17.2 Å². The van der Waals surface area contributed by atoms with Crippen LogP contribution in [0, 0.1) is 36.5 Å². The van der Waals surface area contributed by atoms with Crippen LogP contribution in [0.2, 0.25) is 0 Å². The van der Waals surface area contributed by atoms with E-state index in [0.717, 1.165) is 6.26 Å². The van der Waals surface area contributed by atoms with Crippen LogP contribution in [0.4, 0.5) is 10.5 Å². The summed E-state index contributed by atoms with van der Waals surface area (Å²) in [7, 11) is 1.45. The summed E-state index contributed by atoms with van der Waals surface area (Å²) < 4.78 is 22.7. The number of nitrogens with one attached hydrogen (secondary N) is 1. The highest BCUT2D eigenvalue weighted by Crippen LogP contribution is 2.53. The number of rotatable bonds is 16. The molecule has 0 bridgehead atoms. The number of aliphatic hydroxyl groups is 4. The summed E-state index contributed by atoms with van der Waals surface area (Å²) in [4.78, 5) is 50.6. The molecule has 1 fully saturated rings. The standard InChI is InChI=1S/C48H68N4O13/c1-23(2)22-63-46(61)52-19-17-48(18-20-52)50-35-32-33(40(57)29(8)43-34(32)44(59)47(10,11)65-43)41(58)37(36(35)51-48)49-45(60)25(4)15-13-14-24(3)38(55)27(6)39(56)28(7)42(64-30(9)54)26(5)31(62-12)16-21-53/h13-16,21,23-24,26-28,31,38-39,42,44,53,55-59H,17-20,22H2,1-12H3,(H,49,60)/b14-13+,21-16+,25-15-/t24-,26+,27+,28+,31-,38-,39+,42+,44?/m0/s1. The highest BCUT2D eigenvalue weighted by molar-refractivity contribution is 6.08. The first-order valence-corrected chi connectivity index (χ1v) is 22.3. The minimum atomic E-state index is -1.18. The van der Waals surface area contributed by atoms with E-state index in [-0.39, 0.29) is 75.4 Å². The Bertz CT molecular complexity index is 2350. The summed E-state index contributed by atoms with van der Waals surface area (Å²) in [5.74, 6) is -3.85. The number of carbonyl (C=O) groups is 3. The number of piperidine rings is 1. The number of likely N-dealkylation sites (tertiary alicyclic amines) is 1. The number of nitrogens with zero attached hydrogens (tertiary/aromatic N) is 3. The van der Waals surface area contributed by atoms with Crippen LogP contribution in [-0.2, 0) is 23.8 Å². The van der Waals surface area contributed by atoms with E-state index in [1.807, 2.05) is 13.8 Å². The third-order valence-electron chi connectivity index (χ3n) is 13.1. The third-order valence-corrected chi connectivity index (χ3v) is 13.1. The molecule has 65 heavy (non-hydrogen) atoms. The van der Waals surface area contributed by atoms with Crippen molar-refractivity contribution in [3.05, 3.63) is 58.0 Å². The molecule has 2 amide bonds. The summed E-state index contributed by atoms with van der Waals surface area (Å²) in [5.41, 5.74) is -1.46. The molecule has 7 N–H and O–H groups in total. The number of esters is 1. The van der Waals surface area contributed by atoms with Crippen LogP contribution in [-0.4, -0.2) is 116 Å². The summed E-state index contributed by atoms with van der Waals surface area (Å²) in [6, 6.07) is 0. The van der Waals surface area contributed by atoms with Gasteiger partial charge in [0.15, 0.2) is 11.4 Å². The second-order valence-corrected chi connectivity index (χ2v) is 18.9. The number of fused-ring (bicyclic) bond motifs is 5. The molecule has 1 spiro atoms. The Labute approximate surface area is 380 Å². The predicted molar refractivity (Wildman–Crippen MR) is 242 cm³/mol. The zero-order chi connectivity index (χ0) is 48.5. The van der Waals surface area contributed by atoms with Gasteiger partial charge in [0.1, 0.15) is 40.4 Å². The first-order valence-electron chi connectivity index (χ1n) is 22.3. The van der Waals surface area contributed by atoms with Crippen molar-refractivity contribution in [2.45, 2.75) is 131 Å². The normalized spacial score (nSPS) is 21.4. The lowest BCUT2D eigenvalue weighted by atomic mass is 9.78. The van der Waals surface area contributed by atoms with Gasteiger partial charge in [0.2, 0.25) is 0 Å². The predicted octanol–water partition coefficient (Wildman–Crippen LogP) is 5.33. The van der Waals surface area contributed by atoms with Crippen molar-refractivity contribution in [3.8, 4) is 17.2 Å². The fourth-order valence-electron chi connectivity index (χ4n) is 9.01. The van der Waals surface area contributed by atoms with Crippen LogP contribution in [0.25, 0.3) is 10.8 Å². The van der Waals surface area contributed by atoms with Gasteiger partial charge < -0.3 is 59.8 Å². The Morgan fingerprint density at radius 3 is 2.14 bits per heavy atom. The molecule has 3 aliphatic heterocycles. The monoisotopic (exact) mass is 908 g/mol. The van der Waals surface area contributed by atoms with Crippen LogP contribution < -0.4 is 20.8 Å². The Morgan fingerprint density at radius 1 is 0.923 bits per heavy atom. The van der Waals surface area contributed by atoms with Gasteiger partial charge in [-0.3, -0.25) is 19.6 Å². The summed E-state index contributed by atoms with van der Waals surface area (Å²) in [6.07, 6.45) is 2.43. The molecule has 9 atom stereocenters. The summed E-state index contributed by atoms with van der Waals surface area (Å²) in [5, 5.41) is 70.8. The second-order valence-electron chi connectivity index (χ2n) is 18.9. The number of phenolic OH excluding ortho intramolecular Hbond substituents is 2. The molecule has 0 aromatic heterocycles. The number of hydrogen-bond donors (Lipinski definition) is 7. The maximum absolute atomic E-state index is 13.9. The van der Waals surface area contributed by atoms with Gasteiger partial charge >= 0.3 is 12.1 Å². The van der Waals surface area contributed by atoms with Crippen molar-refractivity contribution in [1.29, 1.82) is 0 Å². The van der Waals surface area contributed by atoms with E-state index >= 15 is 0 Å². The third kappa shape index (κ3) is 10.3. The van der Waals surface area contributed by atoms with Gasteiger partial charge in [-0.05, 0) is 39.7 Å². The van der Waals surface area contributed by atoms with Gasteiger partial charge in [-0.15, -0.1) is 0 Å². The average Bonchev–Trinajstić information content (AvgIpc) is 3.74. The van der Waals surface area contributed by atoms with Crippen molar-refractivity contribution in [2.75, 3.05) is 32.1 Å². The van der Waals surface area contributed by atoms with Gasteiger partial charge in [0.05, 0.1) is 41.9 Å². The molecule has 17 heteroatoms. The molecule has 3 heterocycles. The molecular formula is C48H68N4O13. The number of anilines is 1. The van der Waals surface area contributed by atoms with Gasteiger partial charge in [-0.1, -0.05) is 59.8 Å². The number of allylic oxidation sites excluding steroid dienone is 2. The van der Waals surface area contributed by atoms with Crippen LogP contribution >= 0.6 is 0 Å². The Kier molecular flexibility index (Phi) is 15.7. The van der Waals surface area contributed by atoms with Gasteiger partial charge in [0.25, 0.3) is 5.91 Å². The number of benzene rings is 2. The van der Waals surface area contributed by atoms with Crippen LogP contribution in [0.3, 0.4) is 0 Å². The van der Waals surface area contributed by atoms with Gasteiger partial charge in [-0.25, -0.2) is 4.79 Å². The first kappa shape index (κ1) is 50.8. The summed E-state index contributed by atoms with van der Waals surface area (Å²) >= 11 is 0. The number of hydrogen-bond acceptors (Lipinski definition) is 15. The number of phenols is 2. The molecule has 17 nitrogen and oxygen atoms in total. The molecule has 2 aromatic carbocycles. The molecule has 1 unspecified atom stereocenters. The minimum absolute atomic E-state index is 0.0366. The molecule has 0 aliphatic carbocycles. The molecular weight excluding hydrogens is 841 g/mol. The smallest absolute Gasteiger partial charge is 0.409 e. The van der Waals surface area contributed by atoms with E-state index in [9.17, 15) is 45.0 Å². The average molecular weight is 909 g/mol. The Balaban J connectivity index is 1.43. The number of carbonyl (C=O) groups excluding carboxylic acids is 3. The highest BCUT2D eigenvalue weighted by atomic mass is 16.6. The SMILES string of the molecule is CO[C@@H](/C=C/O)[C@@H](C)[C@@H](OC(C)=O)[C@H](C)[C@H](O)[C@H](C)[C@@H](O)[C@@H](C)/C=C/C=C(/C)C(=O)Nc1c(O)c2c(O)c(C)c3c(c2c2c1=NC1(CCN(C(=O)OCC(C)C)CC1)N=2)C(O)C(C)(C)O3. The van der Waals surface area contributed by atoms with E-state index in [4.69, 9.17) is 28.9 Å². The number of methoxy groups -OCH3 is 1. The Morgan fingerprint density at radius 2 is 1.55 bits per heavy atom. The zero-order valence-electron chi connectivity index (χ0n) is 39.6. The lowest BCUT2D eigenvalue weighted by Crippen LogP contribution is -2.46. The van der Waals surface area contributed by atoms with Crippen molar-refractivity contribution in [3.63, 3.8) is 0 Å². The molecule has 5 rings (SSSR count). The quantitative estimate of drug-likeness (QED) is 0.0371. The molecule has 1 saturated heterocycles. The van der Waals surface area contributed by atoms with E-state index < -0.39 is 89.2 Å². The van der Waals surface area contributed by atoms with Crippen LogP contribution in [0.15, 0.2) is 46.1 Å². The minimum Gasteiger partial charge on any atom is -0.516 e. The number of ether oxygens (including phenoxy) is 4. The molecule has 2 aromatic rings. The molecule has 0 saturated carbocycles. The van der Waals surface area contributed by atoms with Crippen molar-refractivity contribution >= 4 is 34.4 Å². The van der Waals surface area contributed by atoms with E-state index in [1.54, 1.807) is 72.4 Å². The lowest BCUT2D eigenvalue weighted by Gasteiger charge is -2.37. The molecule has 0 radical (unpaired) electrons. The highest BCUT2D eigenvalue weighted by Gasteiger charge is 2.46. The number of aliphatic hydroxyl groups excluding tert-OH is 4. The van der Waals surface area contributed by atoms with Crippen molar-refractivity contribution in [1.82, 2.24) is 4.90 Å². The maximum Gasteiger partial charge on any atom is 0.409 e. The lowest BCUT2D eigenvalue weighted by molar-refractivity contribution is -0.160. The summed E-state index contributed by atoms with van der Waals surface area (Å²) in [6.45, 7) is 19.5. The number of aromatic hydroxyl groups is 2. The maximum atomic E-state index is 13.9. The van der Waals surface area contributed by atoms with E-state index in [1.165, 1.54) is 26.2 Å². The van der Waals surface area contributed by atoms with Crippen molar-refractivity contribution < 1.29 is 64.0 Å². The van der Waals surface area contributed by atoms with Crippen LogP contribution in [0.1, 0.15) is 99.3 Å². The topological polar surface area (TPSA) is 249 Å².